The van der Waals surface area contributed by atoms with Gasteiger partial charge >= 0.3 is 5.97 Å². The summed E-state index contributed by atoms with van der Waals surface area (Å²) in [6.45, 7) is 5.47. The van der Waals surface area contributed by atoms with Crippen molar-refractivity contribution in [1.82, 2.24) is 0 Å². The van der Waals surface area contributed by atoms with E-state index in [0.717, 1.165) is 10.6 Å². The predicted molar refractivity (Wildman–Crippen MR) is 120 cm³/mol. The van der Waals surface area contributed by atoms with Crippen molar-refractivity contribution in [2.75, 3.05) is 29.6 Å². The largest absolute Gasteiger partial charge is 0.497 e. The van der Waals surface area contributed by atoms with Gasteiger partial charge in [0.25, 0.3) is 0 Å². The van der Waals surface area contributed by atoms with Crippen LogP contribution in [0.25, 0.3) is 0 Å². The highest BCUT2D eigenvalue weighted by Gasteiger charge is 2.32. The molecule has 2 aromatic carbocycles. The Balaban J connectivity index is 2.35. The average molecular weight is 449 g/mol. The quantitative estimate of drug-likeness (QED) is 0.590. The van der Waals surface area contributed by atoms with Gasteiger partial charge in [-0.15, -0.1) is 0 Å². The Bertz CT molecular complexity index is 1050. The van der Waals surface area contributed by atoms with Gasteiger partial charge in [-0.25, -0.2) is 13.2 Å². The van der Waals surface area contributed by atoms with Gasteiger partial charge in [-0.1, -0.05) is 13.0 Å². The number of hydrogen-bond acceptors (Lipinski definition) is 6. The molecule has 2 rings (SSSR count). The van der Waals surface area contributed by atoms with E-state index >= 15 is 0 Å². The molecule has 0 aromatic heterocycles. The van der Waals surface area contributed by atoms with Crippen LogP contribution in [-0.4, -0.2) is 46.3 Å². The maximum Gasteiger partial charge on any atom is 0.338 e. The molecule has 0 radical (unpaired) electrons. The second-order valence-electron chi connectivity index (χ2n) is 6.92. The lowest BCUT2D eigenvalue weighted by molar-refractivity contribution is -0.117. The van der Waals surface area contributed by atoms with Crippen molar-refractivity contribution in [1.29, 1.82) is 0 Å². The molecule has 0 spiro atoms. The molecule has 0 aliphatic heterocycles. The zero-order chi connectivity index (χ0) is 23.2. The van der Waals surface area contributed by atoms with Crippen LogP contribution in [0, 0.1) is 6.92 Å². The Morgan fingerprint density at radius 2 is 1.84 bits per heavy atom. The maximum absolute atomic E-state index is 13.1. The van der Waals surface area contributed by atoms with Gasteiger partial charge < -0.3 is 14.8 Å². The van der Waals surface area contributed by atoms with E-state index in [1.54, 1.807) is 63.2 Å². The minimum Gasteiger partial charge on any atom is -0.497 e. The fraction of sp³-hybridized carbons (Fsp3) is 0.364. The van der Waals surface area contributed by atoms with Crippen LogP contribution >= 0.6 is 0 Å². The first kappa shape index (κ1) is 24.2. The maximum atomic E-state index is 13.1. The summed E-state index contributed by atoms with van der Waals surface area (Å²) in [5, 5.41) is 2.78. The number of amides is 1. The van der Waals surface area contributed by atoms with Gasteiger partial charge in [0.15, 0.2) is 0 Å². The van der Waals surface area contributed by atoms with E-state index in [2.05, 4.69) is 5.32 Å². The summed E-state index contributed by atoms with van der Waals surface area (Å²) in [5.41, 5.74) is 1.84. The fourth-order valence-corrected chi connectivity index (χ4v) is 4.37. The van der Waals surface area contributed by atoms with Gasteiger partial charge in [-0.3, -0.25) is 9.10 Å². The van der Waals surface area contributed by atoms with Gasteiger partial charge in [0.1, 0.15) is 11.8 Å². The summed E-state index contributed by atoms with van der Waals surface area (Å²) in [7, 11) is -2.29. The number of nitrogens with one attached hydrogen (secondary N) is 1. The van der Waals surface area contributed by atoms with E-state index < -0.39 is 27.9 Å². The minimum atomic E-state index is -3.77. The molecule has 1 amide bonds. The first-order chi connectivity index (χ1) is 14.6. The van der Waals surface area contributed by atoms with Crippen LogP contribution in [0.2, 0.25) is 0 Å². The molecule has 0 aliphatic carbocycles. The molecule has 1 unspecified atom stereocenters. The zero-order valence-corrected chi connectivity index (χ0v) is 19.2. The minimum absolute atomic E-state index is 0.246. The van der Waals surface area contributed by atoms with Gasteiger partial charge in [0, 0.05) is 11.8 Å². The zero-order valence-electron chi connectivity index (χ0n) is 18.3. The summed E-state index contributed by atoms with van der Waals surface area (Å²) in [4.78, 5) is 25.0. The number of anilines is 2. The molecule has 0 aliphatic rings. The van der Waals surface area contributed by atoms with Crippen LogP contribution < -0.4 is 14.4 Å². The summed E-state index contributed by atoms with van der Waals surface area (Å²) in [6.07, 6.45) is 1.30. The van der Waals surface area contributed by atoms with Gasteiger partial charge in [0.2, 0.25) is 15.9 Å². The van der Waals surface area contributed by atoms with Crippen LogP contribution in [0.3, 0.4) is 0 Å². The van der Waals surface area contributed by atoms with Crippen LogP contribution in [0.4, 0.5) is 11.4 Å². The molecule has 2 aromatic rings. The van der Waals surface area contributed by atoms with Crippen molar-refractivity contribution in [3.8, 4) is 5.75 Å². The third kappa shape index (κ3) is 5.97. The molecule has 0 heterocycles. The lowest BCUT2D eigenvalue weighted by Gasteiger charge is -2.30. The Labute approximate surface area is 183 Å². The molecular formula is C22H28N2O6S. The summed E-state index contributed by atoms with van der Waals surface area (Å²) >= 11 is 0. The molecule has 8 nitrogen and oxygen atoms in total. The van der Waals surface area contributed by atoms with Crippen molar-refractivity contribution < 1.29 is 27.5 Å². The summed E-state index contributed by atoms with van der Waals surface area (Å²) in [6, 6.07) is 10.3. The molecule has 0 fully saturated rings. The highest BCUT2D eigenvalue weighted by Crippen LogP contribution is 2.27. The van der Waals surface area contributed by atoms with E-state index in [1.807, 2.05) is 0 Å². The number of esters is 1. The van der Waals surface area contributed by atoms with Crippen LogP contribution in [0.15, 0.2) is 42.5 Å². The first-order valence-electron chi connectivity index (χ1n) is 9.84. The lowest BCUT2D eigenvalue weighted by atomic mass is 10.1. The van der Waals surface area contributed by atoms with Crippen molar-refractivity contribution in [3.63, 3.8) is 0 Å². The number of nitrogens with zero attached hydrogens (tertiary/aromatic N) is 1. The molecule has 168 valence electrons. The standard InChI is InChI=1S/C22H28N2O6S/c1-6-20(24(31(5,27)28)17-9-8-10-18(14-17)29-4)21(25)23-19-12-11-16(13-15(19)3)22(26)30-7-2/h8-14,20H,6-7H2,1-5H3,(H,23,25). The molecular weight excluding hydrogens is 420 g/mol. The number of hydrogen-bond donors (Lipinski definition) is 1. The molecule has 1 atom stereocenters. The van der Waals surface area contributed by atoms with Crippen molar-refractivity contribution in [2.45, 2.75) is 33.2 Å². The Kier molecular flexibility index (Phi) is 8.04. The molecule has 0 bridgehead atoms. The van der Waals surface area contributed by atoms with Crippen molar-refractivity contribution >= 4 is 33.3 Å². The molecule has 31 heavy (non-hydrogen) atoms. The predicted octanol–water partition coefficient (Wildman–Crippen LogP) is 3.36. The second-order valence-corrected chi connectivity index (χ2v) is 8.78. The van der Waals surface area contributed by atoms with Crippen molar-refractivity contribution in [3.05, 3.63) is 53.6 Å². The SMILES string of the molecule is CCOC(=O)c1ccc(NC(=O)C(CC)N(c2cccc(OC)c2)S(C)(=O)=O)c(C)c1. The third-order valence-electron chi connectivity index (χ3n) is 4.63. The molecule has 9 heteroatoms. The molecule has 1 N–H and O–H groups in total. The number of aryl methyl sites for hydroxylation is 1. The van der Waals surface area contributed by atoms with Gasteiger partial charge in [0.05, 0.1) is 31.2 Å². The lowest BCUT2D eigenvalue weighted by Crippen LogP contribution is -2.47. The summed E-state index contributed by atoms with van der Waals surface area (Å²) < 4.78 is 36.4. The van der Waals surface area contributed by atoms with Crippen LogP contribution in [0.5, 0.6) is 5.75 Å². The number of carbonyl (C=O) groups excluding carboxylic acids is 2. The first-order valence-corrected chi connectivity index (χ1v) is 11.7. The summed E-state index contributed by atoms with van der Waals surface area (Å²) in [5.74, 6) is -0.453. The number of benzene rings is 2. The number of rotatable bonds is 9. The van der Waals surface area contributed by atoms with Crippen molar-refractivity contribution in [2.24, 2.45) is 0 Å². The molecule has 0 saturated heterocycles. The highest BCUT2D eigenvalue weighted by molar-refractivity contribution is 7.92. The smallest absolute Gasteiger partial charge is 0.338 e. The Morgan fingerprint density at radius 1 is 1.13 bits per heavy atom. The topological polar surface area (TPSA) is 102 Å². The Hall–Kier alpha value is -3.07. The normalized spacial score (nSPS) is 12.0. The number of carbonyl (C=O) groups is 2. The highest BCUT2D eigenvalue weighted by atomic mass is 32.2. The third-order valence-corrected chi connectivity index (χ3v) is 5.81. The fourth-order valence-electron chi connectivity index (χ4n) is 3.17. The van der Waals surface area contributed by atoms with E-state index in [9.17, 15) is 18.0 Å². The number of ether oxygens (including phenoxy) is 2. The number of methoxy groups -OCH3 is 1. The molecule has 0 saturated carbocycles. The van der Waals surface area contributed by atoms with E-state index in [-0.39, 0.29) is 13.0 Å². The van der Waals surface area contributed by atoms with E-state index in [1.165, 1.54) is 7.11 Å². The average Bonchev–Trinajstić information content (AvgIpc) is 2.72. The monoisotopic (exact) mass is 448 g/mol. The van der Waals surface area contributed by atoms with Crippen LogP contribution in [-0.2, 0) is 19.6 Å². The van der Waals surface area contributed by atoms with Gasteiger partial charge in [-0.2, -0.15) is 0 Å². The van der Waals surface area contributed by atoms with Gasteiger partial charge in [-0.05, 0) is 56.2 Å². The van der Waals surface area contributed by atoms with E-state index in [4.69, 9.17) is 9.47 Å². The Morgan fingerprint density at radius 3 is 2.39 bits per heavy atom. The number of sulfonamides is 1. The second kappa shape index (κ2) is 10.3. The van der Waals surface area contributed by atoms with E-state index in [0.29, 0.717) is 28.3 Å². The van der Waals surface area contributed by atoms with Crippen LogP contribution in [0.1, 0.15) is 36.2 Å².